The van der Waals surface area contributed by atoms with Crippen molar-refractivity contribution >= 4 is 28.4 Å². The number of carbonyl (C=O) groups excluding carboxylic acids is 2. The molecule has 5 rings (SSSR count). The second-order valence-electron chi connectivity index (χ2n) is 8.60. The fraction of sp³-hybridized carbons (Fsp3) is 0.192. The molecule has 2 atom stereocenters. The van der Waals surface area contributed by atoms with Crippen molar-refractivity contribution in [2.75, 3.05) is 4.90 Å². The van der Waals surface area contributed by atoms with Crippen LogP contribution in [0.25, 0.3) is 22.2 Å². The van der Waals surface area contributed by atoms with Gasteiger partial charge in [-0.2, -0.15) is 13.9 Å². The Morgan fingerprint density at radius 3 is 2.49 bits per heavy atom. The van der Waals surface area contributed by atoms with E-state index in [0.29, 0.717) is 29.4 Å². The summed E-state index contributed by atoms with van der Waals surface area (Å²) in [4.78, 5) is 26.7. The molecule has 3 aromatic carbocycles. The Morgan fingerprint density at radius 1 is 1.09 bits per heavy atom. The van der Waals surface area contributed by atoms with Crippen LogP contribution >= 0.6 is 0 Å². The van der Waals surface area contributed by atoms with Gasteiger partial charge in [-0.1, -0.05) is 30.3 Å². The molecule has 0 spiro atoms. The summed E-state index contributed by atoms with van der Waals surface area (Å²) in [5.41, 5.74) is 3.25. The Balaban J connectivity index is 1.53. The van der Waals surface area contributed by atoms with Crippen molar-refractivity contribution in [3.8, 4) is 11.3 Å². The maximum absolute atomic E-state index is 13.6. The van der Waals surface area contributed by atoms with Crippen molar-refractivity contribution in [1.29, 1.82) is 0 Å². The molecule has 0 unspecified atom stereocenters. The van der Waals surface area contributed by atoms with Gasteiger partial charge in [-0.15, -0.1) is 0 Å². The summed E-state index contributed by atoms with van der Waals surface area (Å²) in [6.45, 7) is 0.527. The van der Waals surface area contributed by atoms with Crippen LogP contribution in [0, 0.1) is 5.82 Å². The van der Waals surface area contributed by atoms with Crippen LogP contribution in [0.4, 0.5) is 18.9 Å². The summed E-state index contributed by atoms with van der Waals surface area (Å²) in [5.74, 6) is -5.64. The average Bonchev–Trinajstić information content (AvgIpc) is 3.39. The van der Waals surface area contributed by atoms with E-state index in [9.17, 15) is 22.8 Å². The van der Waals surface area contributed by atoms with E-state index >= 15 is 0 Å². The molecule has 6 nitrogen and oxygen atoms in total. The number of carbonyl (C=O) groups is 2. The molecule has 1 fully saturated rings. The van der Waals surface area contributed by atoms with Crippen LogP contribution in [-0.2, 0) is 9.59 Å². The number of aromatic amines is 1. The zero-order valence-corrected chi connectivity index (χ0v) is 18.6. The highest BCUT2D eigenvalue weighted by Gasteiger charge is 2.45. The Hall–Kier alpha value is -4.14. The number of hydrogen-bond acceptors (Lipinski definition) is 3. The number of rotatable bonds is 5. The maximum Gasteiger partial charge on any atom is 0.321 e. The molecule has 1 saturated heterocycles. The molecule has 0 bridgehead atoms. The predicted molar refractivity (Wildman–Crippen MR) is 125 cm³/mol. The van der Waals surface area contributed by atoms with E-state index in [1.165, 1.54) is 17.0 Å². The van der Waals surface area contributed by atoms with Crippen molar-refractivity contribution in [1.82, 2.24) is 15.5 Å². The zero-order chi connectivity index (χ0) is 24.7. The summed E-state index contributed by atoms with van der Waals surface area (Å²) >= 11 is 0. The number of nitrogens with one attached hydrogen (secondary N) is 2. The molecule has 1 aliphatic rings. The first-order chi connectivity index (χ1) is 16.7. The number of halogens is 3. The van der Waals surface area contributed by atoms with Crippen LogP contribution in [0.15, 0.2) is 72.8 Å². The summed E-state index contributed by atoms with van der Waals surface area (Å²) in [6.07, 6.45) is -0.122. The van der Waals surface area contributed by atoms with Gasteiger partial charge in [0.25, 0.3) is 5.91 Å². The third-order valence-electron chi connectivity index (χ3n) is 6.12. The molecule has 0 saturated carbocycles. The Bertz CT molecular complexity index is 1400. The van der Waals surface area contributed by atoms with Gasteiger partial charge in [0.1, 0.15) is 5.82 Å². The van der Waals surface area contributed by atoms with Gasteiger partial charge in [-0.3, -0.25) is 14.7 Å². The molecule has 35 heavy (non-hydrogen) atoms. The molecule has 2 N–H and O–H groups in total. The van der Waals surface area contributed by atoms with Gasteiger partial charge in [0.15, 0.2) is 0 Å². The van der Waals surface area contributed by atoms with Gasteiger partial charge >= 0.3 is 5.92 Å². The van der Waals surface area contributed by atoms with Crippen LogP contribution in [0.3, 0.4) is 0 Å². The molecular weight excluding hydrogens is 457 g/mol. The molecular formula is C26H21F3N4O2. The highest BCUT2D eigenvalue weighted by atomic mass is 19.3. The standard InChI is InChI=1S/C26H21F3N4O2/c1-26(28,29)25(35)30-21-14-22(34)33(24(21)16-5-3-2-4-6-16)18-11-12-19-20(13-18)31-32-23(19)15-7-9-17(27)10-8-15/h2-13,21,24H,14H2,1H3,(H,30,35)(H,31,32)/t21-,24+/m0/s1. The first kappa shape index (κ1) is 22.6. The average molecular weight is 478 g/mol. The first-order valence-corrected chi connectivity index (χ1v) is 11.0. The second kappa shape index (κ2) is 8.57. The van der Waals surface area contributed by atoms with E-state index in [1.807, 2.05) is 6.07 Å². The van der Waals surface area contributed by atoms with E-state index < -0.39 is 23.9 Å². The van der Waals surface area contributed by atoms with E-state index in [1.54, 1.807) is 54.6 Å². The number of nitrogens with zero attached hydrogens (tertiary/aromatic N) is 2. The Kier molecular flexibility index (Phi) is 5.55. The second-order valence-corrected chi connectivity index (χ2v) is 8.60. The van der Waals surface area contributed by atoms with Crippen molar-refractivity contribution in [3.63, 3.8) is 0 Å². The van der Waals surface area contributed by atoms with Gasteiger partial charge in [-0.05, 0) is 48.0 Å². The Labute approximate surface area is 198 Å². The van der Waals surface area contributed by atoms with Gasteiger partial charge < -0.3 is 10.2 Å². The maximum atomic E-state index is 13.6. The van der Waals surface area contributed by atoms with Crippen LogP contribution in [0.1, 0.15) is 24.9 Å². The lowest BCUT2D eigenvalue weighted by Gasteiger charge is -2.29. The lowest BCUT2D eigenvalue weighted by Crippen LogP contribution is -2.46. The number of aromatic nitrogens is 2. The predicted octanol–water partition coefficient (Wildman–Crippen LogP) is 4.99. The number of benzene rings is 3. The molecule has 2 heterocycles. The smallest absolute Gasteiger partial charge is 0.321 e. The van der Waals surface area contributed by atoms with Gasteiger partial charge in [0.05, 0.1) is 23.3 Å². The number of fused-ring (bicyclic) bond motifs is 1. The minimum atomic E-state index is -3.57. The molecule has 2 amide bonds. The summed E-state index contributed by atoms with van der Waals surface area (Å²) in [5, 5.41) is 10.4. The molecule has 1 aliphatic heterocycles. The molecule has 9 heteroatoms. The normalized spacial score (nSPS) is 18.3. The molecule has 4 aromatic rings. The van der Waals surface area contributed by atoms with Crippen LogP contribution < -0.4 is 10.2 Å². The van der Waals surface area contributed by atoms with Crippen molar-refractivity contribution < 1.29 is 22.8 Å². The molecule has 178 valence electrons. The SMILES string of the molecule is CC(F)(F)C(=O)N[C@H]1CC(=O)N(c2ccc3c(-c4ccc(F)cc4)n[nH]c3c2)[C@@H]1c1ccccc1. The van der Waals surface area contributed by atoms with Crippen LogP contribution in [-0.4, -0.2) is 34.0 Å². The highest BCUT2D eigenvalue weighted by molar-refractivity contribution is 6.01. The zero-order valence-electron chi connectivity index (χ0n) is 18.6. The molecule has 1 aromatic heterocycles. The number of amides is 2. The lowest BCUT2D eigenvalue weighted by atomic mass is 9.99. The minimum Gasteiger partial charge on any atom is -0.345 e. The third-order valence-corrected chi connectivity index (χ3v) is 6.12. The summed E-state index contributed by atoms with van der Waals surface area (Å²) < 4.78 is 40.5. The minimum absolute atomic E-state index is 0.122. The van der Waals surface area contributed by atoms with Gasteiger partial charge in [0, 0.05) is 30.0 Å². The fourth-order valence-corrected chi connectivity index (χ4v) is 4.48. The highest BCUT2D eigenvalue weighted by Crippen LogP contribution is 2.39. The van der Waals surface area contributed by atoms with Crippen molar-refractivity contribution in [2.24, 2.45) is 0 Å². The molecule has 0 radical (unpaired) electrons. The lowest BCUT2D eigenvalue weighted by molar-refractivity contribution is -0.143. The largest absolute Gasteiger partial charge is 0.345 e. The summed E-state index contributed by atoms with van der Waals surface area (Å²) in [7, 11) is 0. The summed E-state index contributed by atoms with van der Waals surface area (Å²) in [6, 6.07) is 18.7. The van der Waals surface area contributed by atoms with Crippen LogP contribution in [0.2, 0.25) is 0 Å². The van der Waals surface area contributed by atoms with Crippen molar-refractivity contribution in [3.05, 3.63) is 84.2 Å². The van der Waals surface area contributed by atoms with E-state index in [-0.39, 0.29) is 18.1 Å². The topological polar surface area (TPSA) is 78.1 Å². The van der Waals surface area contributed by atoms with E-state index in [0.717, 1.165) is 10.9 Å². The third kappa shape index (κ3) is 4.25. The van der Waals surface area contributed by atoms with E-state index in [2.05, 4.69) is 15.5 Å². The van der Waals surface area contributed by atoms with Gasteiger partial charge in [0.2, 0.25) is 5.91 Å². The number of anilines is 1. The number of H-pyrrole nitrogens is 1. The Morgan fingerprint density at radius 2 is 1.80 bits per heavy atom. The quantitative estimate of drug-likeness (QED) is 0.424. The number of alkyl halides is 2. The van der Waals surface area contributed by atoms with E-state index in [4.69, 9.17) is 0 Å². The van der Waals surface area contributed by atoms with Crippen molar-refractivity contribution in [2.45, 2.75) is 31.4 Å². The number of hydrogen-bond donors (Lipinski definition) is 2. The van der Waals surface area contributed by atoms with Crippen LogP contribution in [0.5, 0.6) is 0 Å². The van der Waals surface area contributed by atoms with Gasteiger partial charge in [-0.25, -0.2) is 4.39 Å². The molecule has 0 aliphatic carbocycles. The monoisotopic (exact) mass is 478 g/mol. The first-order valence-electron chi connectivity index (χ1n) is 11.0. The fourth-order valence-electron chi connectivity index (χ4n) is 4.48.